The van der Waals surface area contributed by atoms with Crippen LogP contribution >= 0.6 is 11.8 Å². The number of nitrogens with one attached hydrogen (secondary N) is 1. The molecule has 0 fully saturated rings. The SMILES string of the molecule is CC[N-]C(C)C.CSc1nc(C(O)c2cccc(C(F)(F)F)c2)[nH]c1C.[Y]. The summed E-state index contributed by atoms with van der Waals surface area (Å²) in [4.78, 5) is 7.06. The Morgan fingerprint density at radius 2 is 1.93 bits per heavy atom. The molecule has 1 atom stereocenters. The van der Waals surface area contributed by atoms with Crippen LogP contribution < -0.4 is 0 Å². The van der Waals surface area contributed by atoms with Gasteiger partial charge in [-0.25, -0.2) is 4.98 Å². The number of halogens is 3. The second-order valence-electron chi connectivity index (χ2n) is 5.87. The van der Waals surface area contributed by atoms with Crippen LogP contribution in [-0.4, -0.2) is 33.9 Å². The molecule has 2 N–H and O–H groups in total. The first-order chi connectivity index (χ1) is 12.1. The second kappa shape index (κ2) is 12.2. The van der Waals surface area contributed by atoms with Crippen molar-refractivity contribution in [3.05, 3.63) is 52.2 Å². The molecule has 0 spiro atoms. The maximum absolute atomic E-state index is 12.6. The summed E-state index contributed by atoms with van der Waals surface area (Å²) < 4.78 is 37.9. The second-order valence-corrected chi connectivity index (χ2v) is 6.67. The molecule has 0 aliphatic heterocycles. The van der Waals surface area contributed by atoms with Crippen LogP contribution in [0.25, 0.3) is 5.32 Å². The van der Waals surface area contributed by atoms with Gasteiger partial charge in [0.15, 0.2) is 0 Å². The van der Waals surface area contributed by atoms with Crippen molar-refractivity contribution in [2.24, 2.45) is 0 Å². The monoisotopic (exact) mass is 477 g/mol. The number of imidazole rings is 1. The molecule has 1 unspecified atom stereocenters. The van der Waals surface area contributed by atoms with E-state index in [1.165, 1.54) is 23.9 Å². The minimum absolute atomic E-state index is 0. The Balaban J connectivity index is 0.000000842. The fraction of sp³-hybridized carbons (Fsp3) is 0.500. The van der Waals surface area contributed by atoms with Crippen LogP contribution in [0.4, 0.5) is 13.2 Å². The van der Waals surface area contributed by atoms with Crippen molar-refractivity contribution in [1.82, 2.24) is 9.97 Å². The predicted octanol–water partition coefficient (Wildman–Crippen LogP) is 5.33. The zero-order chi connectivity index (χ0) is 19.9. The number of aliphatic hydroxyl groups excluding tert-OH is 1. The van der Waals surface area contributed by atoms with E-state index in [1.807, 2.05) is 6.26 Å². The number of benzene rings is 1. The molecule has 1 aromatic carbocycles. The predicted molar refractivity (Wildman–Crippen MR) is 99.6 cm³/mol. The fourth-order valence-corrected chi connectivity index (χ4v) is 2.75. The van der Waals surface area contributed by atoms with Gasteiger partial charge in [-0.3, -0.25) is 0 Å². The van der Waals surface area contributed by atoms with Crippen LogP contribution in [-0.2, 0) is 38.9 Å². The maximum Gasteiger partial charge on any atom is 0.416 e. The zero-order valence-electron chi connectivity index (χ0n) is 16.1. The van der Waals surface area contributed by atoms with Gasteiger partial charge in [0.25, 0.3) is 0 Å². The molecule has 0 bridgehead atoms. The molecular weight excluding hydrogens is 452 g/mol. The van der Waals surface area contributed by atoms with Gasteiger partial charge >= 0.3 is 6.18 Å². The number of aliphatic hydroxyl groups is 1. The minimum Gasteiger partial charge on any atom is -0.660 e. The molecule has 4 nitrogen and oxygen atoms in total. The first kappa shape index (κ1) is 26.6. The van der Waals surface area contributed by atoms with Gasteiger partial charge < -0.3 is 15.4 Å². The summed E-state index contributed by atoms with van der Waals surface area (Å²) >= 11 is 1.40. The molecule has 0 amide bonds. The number of thioether (sulfide) groups is 1. The first-order valence-corrected chi connectivity index (χ1v) is 9.44. The Morgan fingerprint density at radius 1 is 1.30 bits per heavy atom. The average molecular weight is 477 g/mol. The molecule has 1 aromatic heterocycles. The quantitative estimate of drug-likeness (QED) is 0.573. The molecule has 149 valence electrons. The Hall–Kier alpha value is -0.406. The van der Waals surface area contributed by atoms with Gasteiger partial charge in [-0.1, -0.05) is 32.9 Å². The summed E-state index contributed by atoms with van der Waals surface area (Å²) in [6, 6.07) is 5.14. The molecule has 0 saturated heterocycles. The maximum atomic E-state index is 12.6. The number of nitrogens with zero attached hydrogens (tertiary/aromatic N) is 2. The van der Waals surface area contributed by atoms with E-state index in [0.29, 0.717) is 11.1 Å². The molecule has 0 aliphatic rings. The molecule has 1 radical (unpaired) electrons. The molecule has 9 heteroatoms. The number of aromatic amines is 1. The van der Waals surface area contributed by atoms with E-state index >= 15 is 0 Å². The molecule has 0 saturated carbocycles. The smallest absolute Gasteiger partial charge is 0.416 e. The number of alkyl halides is 3. The van der Waals surface area contributed by atoms with Crippen molar-refractivity contribution in [2.75, 3.05) is 12.8 Å². The minimum atomic E-state index is -4.43. The van der Waals surface area contributed by atoms with Gasteiger partial charge in [0.1, 0.15) is 17.0 Å². The van der Waals surface area contributed by atoms with E-state index in [9.17, 15) is 18.3 Å². The van der Waals surface area contributed by atoms with Crippen molar-refractivity contribution in [3.8, 4) is 0 Å². The van der Waals surface area contributed by atoms with Crippen LogP contribution in [0, 0.1) is 6.92 Å². The van der Waals surface area contributed by atoms with Crippen LogP contribution in [0.1, 0.15) is 49.5 Å². The first-order valence-electron chi connectivity index (χ1n) is 8.22. The summed E-state index contributed by atoms with van der Waals surface area (Å²) in [5, 5.41) is 15.0. The van der Waals surface area contributed by atoms with Crippen LogP contribution in [0.2, 0.25) is 0 Å². The van der Waals surface area contributed by atoms with Crippen molar-refractivity contribution >= 4 is 11.8 Å². The number of hydrogen-bond acceptors (Lipinski definition) is 3. The van der Waals surface area contributed by atoms with Gasteiger partial charge in [0.05, 0.1) is 5.56 Å². The van der Waals surface area contributed by atoms with Crippen LogP contribution in [0.5, 0.6) is 0 Å². The average Bonchev–Trinajstić information content (AvgIpc) is 2.95. The Kier molecular flexibility index (Phi) is 12.0. The summed E-state index contributed by atoms with van der Waals surface area (Å²) in [6.45, 7) is 8.98. The van der Waals surface area contributed by atoms with Crippen LogP contribution in [0.15, 0.2) is 29.3 Å². The Labute approximate surface area is 188 Å². The van der Waals surface area contributed by atoms with Gasteiger partial charge in [-0.15, -0.1) is 17.8 Å². The number of H-pyrrole nitrogens is 1. The Bertz CT molecular complexity index is 693. The Morgan fingerprint density at radius 3 is 2.33 bits per heavy atom. The largest absolute Gasteiger partial charge is 0.660 e. The number of aryl methyl sites for hydroxylation is 1. The molecular formula is C18H25F3N3OSY-. The third kappa shape index (κ3) is 8.65. The van der Waals surface area contributed by atoms with Crippen molar-refractivity contribution in [3.63, 3.8) is 0 Å². The van der Waals surface area contributed by atoms with E-state index in [1.54, 1.807) is 6.92 Å². The van der Waals surface area contributed by atoms with E-state index in [4.69, 9.17) is 0 Å². The zero-order valence-corrected chi connectivity index (χ0v) is 19.8. The molecule has 0 aliphatic carbocycles. The summed E-state index contributed by atoms with van der Waals surface area (Å²) in [5.41, 5.74) is 0.141. The van der Waals surface area contributed by atoms with E-state index in [0.717, 1.165) is 24.4 Å². The topological polar surface area (TPSA) is 63.0 Å². The van der Waals surface area contributed by atoms with E-state index in [2.05, 4.69) is 36.1 Å². The summed E-state index contributed by atoms with van der Waals surface area (Å²) in [5.74, 6) is 0.242. The number of aromatic nitrogens is 2. The molecule has 2 aromatic rings. The van der Waals surface area contributed by atoms with Gasteiger partial charge in [-0.05, 0) is 30.9 Å². The molecule has 27 heavy (non-hydrogen) atoms. The van der Waals surface area contributed by atoms with Crippen molar-refractivity contribution in [1.29, 1.82) is 0 Å². The van der Waals surface area contributed by atoms with E-state index in [-0.39, 0.29) is 44.1 Å². The molecule has 1 heterocycles. The standard InChI is InChI=1S/C13H13F3N2OS.C5H12N.Y/c1-7-12(20-2)18-11(17-7)10(19)8-4-3-5-9(6-8)13(14,15)16;1-4-6-5(2)3;/h3-6,10,19H,1-2H3,(H,17,18);5H,4H2,1-3H3;/q;-1;. The van der Waals surface area contributed by atoms with Gasteiger partial charge in [0, 0.05) is 38.4 Å². The van der Waals surface area contributed by atoms with Crippen molar-refractivity contribution in [2.45, 2.75) is 51.0 Å². The third-order valence-electron chi connectivity index (χ3n) is 3.39. The van der Waals surface area contributed by atoms with Gasteiger partial charge in [0.2, 0.25) is 0 Å². The number of rotatable bonds is 5. The fourth-order valence-electron chi connectivity index (χ4n) is 2.20. The van der Waals surface area contributed by atoms with Crippen LogP contribution in [0.3, 0.4) is 0 Å². The third-order valence-corrected chi connectivity index (χ3v) is 4.17. The summed E-state index contributed by atoms with van der Waals surface area (Å²) in [6.07, 6.45) is -3.81. The normalized spacial score (nSPS) is 12.2. The molecule has 2 rings (SSSR count). The van der Waals surface area contributed by atoms with E-state index < -0.39 is 17.8 Å². The van der Waals surface area contributed by atoms with Crippen molar-refractivity contribution < 1.29 is 51.0 Å². The number of hydrogen-bond donors (Lipinski definition) is 2. The summed E-state index contributed by atoms with van der Waals surface area (Å²) in [7, 11) is 0. The van der Waals surface area contributed by atoms with Gasteiger partial charge in [-0.2, -0.15) is 19.7 Å².